The molecule has 1 atom stereocenters. The van der Waals surface area contributed by atoms with Gasteiger partial charge in [0.1, 0.15) is 12.4 Å². The van der Waals surface area contributed by atoms with Crippen LogP contribution in [-0.4, -0.2) is 19.2 Å². The summed E-state index contributed by atoms with van der Waals surface area (Å²) >= 11 is 0. The molecule has 16 heavy (non-hydrogen) atoms. The van der Waals surface area contributed by atoms with Crippen molar-refractivity contribution in [2.75, 3.05) is 13.2 Å². The van der Waals surface area contributed by atoms with Crippen LogP contribution in [0.15, 0.2) is 24.3 Å². The number of hydrogen-bond donors (Lipinski definition) is 1. The molecule has 0 spiro atoms. The zero-order chi connectivity index (χ0) is 11.8. The lowest BCUT2D eigenvalue weighted by atomic mass is 10.2. The van der Waals surface area contributed by atoms with Crippen LogP contribution in [-0.2, 0) is 0 Å². The second-order valence-corrected chi connectivity index (χ2v) is 3.88. The molecule has 0 aliphatic rings. The lowest BCUT2D eigenvalue weighted by Gasteiger charge is -2.11. The van der Waals surface area contributed by atoms with Crippen molar-refractivity contribution in [2.24, 2.45) is 0 Å². The molecule has 1 rings (SSSR count). The van der Waals surface area contributed by atoms with Gasteiger partial charge in [-0.3, -0.25) is 0 Å². The molecule has 86 valence electrons. The molecule has 0 fully saturated rings. The first-order valence-electron chi connectivity index (χ1n) is 5.52. The molecule has 0 aliphatic heterocycles. The third-order valence-electron chi connectivity index (χ3n) is 2.25. The van der Waals surface area contributed by atoms with Crippen molar-refractivity contribution in [3.05, 3.63) is 29.8 Å². The molecule has 0 radical (unpaired) electrons. The van der Waals surface area contributed by atoms with Crippen molar-refractivity contribution < 1.29 is 4.74 Å². The first-order valence-corrected chi connectivity index (χ1v) is 5.52. The summed E-state index contributed by atoms with van der Waals surface area (Å²) in [6, 6.07) is 10.3. The predicted octanol–water partition coefficient (Wildman–Crippen LogP) is 2.27. The lowest BCUT2D eigenvalue weighted by molar-refractivity contribution is 0.307. The van der Waals surface area contributed by atoms with Crippen molar-refractivity contribution in [2.45, 2.75) is 26.3 Å². The molecule has 0 aromatic heterocycles. The van der Waals surface area contributed by atoms with Gasteiger partial charge in [0.15, 0.2) is 0 Å². The second-order valence-electron chi connectivity index (χ2n) is 3.88. The van der Waals surface area contributed by atoms with E-state index in [4.69, 9.17) is 10.00 Å². The van der Waals surface area contributed by atoms with Crippen molar-refractivity contribution in [1.82, 2.24) is 5.32 Å². The van der Waals surface area contributed by atoms with Gasteiger partial charge in [0.25, 0.3) is 0 Å². The Kier molecular flexibility index (Phi) is 5.38. The maximum Gasteiger partial charge on any atom is 0.119 e. The van der Waals surface area contributed by atoms with Crippen LogP contribution in [0.2, 0.25) is 0 Å². The van der Waals surface area contributed by atoms with Crippen LogP contribution in [0.25, 0.3) is 0 Å². The van der Waals surface area contributed by atoms with Gasteiger partial charge in [-0.1, -0.05) is 12.1 Å². The van der Waals surface area contributed by atoms with Crippen molar-refractivity contribution in [3.63, 3.8) is 0 Å². The highest BCUT2D eigenvalue weighted by atomic mass is 16.5. The molecule has 1 aromatic rings. The van der Waals surface area contributed by atoms with E-state index < -0.39 is 0 Å². The van der Waals surface area contributed by atoms with E-state index in [2.05, 4.69) is 11.4 Å². The average Bonchev–Trinajstić information content (AvgIpc) is 2.25. The fourth-order valence-electron chi connectivity index (χ4n) is 1.39. The Hall–Kier alpha value is -1.53. The van der Waals surface area contributed by atoms with Gasteiger partial charge in [0.2, 0.25) is 0 Å². The molecule has 0 amide bonds. The first kappa shape index (κ1) is 12.5. The monoisotopic (exact) mass is 218 g/mol. The van der Waals surface area contributed by atoms with Crippen LogP contribution >= 0.6 is 0 Å². The minimum atomic E-state index is 0.228. The fraction of sp³-hybridized carbons (Fsp3) is 0.462. The fourth-order valence-corrected chi connectivity index (χ4v) is 1.39. The van der Waals surface area contributed by atoms with Gasteiger partial charge in [-0.2, -0.15) is 5.26 Å². The standard InChI is InChI=1S/C13H18N2O/c1-11-4-3-5-13(10-11)16-9-8-15-12(2)6-7-14/h3-5,10,12,15H,6,8-9H2,1-2H3. The summed E-state index contributed by atoms with van der Waals surface area (Å²) in [6.45, 7) is 5.42. The summed E-state index contributed by atoms with van der Waals surface area (Å²) in [5, 5.41) is 11.7. The SMILES string of the molecule is Cc1cccc(OCCNC(C)CC#N)c1. The van der Waals surface area contributed by atoms with Crippen LogP contribution < -0.4 is 10.1 Å². The molecular formula is C13H18N2O. The van der Waals surface area contributed by atoms with E-state index in [0.717, 1.165) is 12.3 Å². The van der Waals surface area contributed by atoms with Gasteiger partial charge in [-0.25, -0.2) is 0 Å². The topological polar surface area (TPSA) is 45.0 Å². The molecule has 0 bridgehead atoms. The Bertz CT molecular complexity index is 357. The van der Waals surface area contributed by atoms with Crippen LogP contribution in [0.3, 0.4) is 0 Å². The molecule has 3 heteroatoms. The van der Waals surface area contributed by atoms with Gasteiger partial charge >= 0.3 is 0 Å². The van der Waals surface area contributed by atoms with Crippen molar-refractivity contribution in [3.8, 4) is 11.8 Å². The Morgan fingerprint density at radius 3 is 3.00 bits per heavy atom. The zero-order valence-corrected chi connectivity index (χ0v) is 9.86. The molecule has 0 saturated carbocycles. The van der Waals surface area contributed by atoms with E-state index in [9.17, 15) is 0 Å². The lowest BCUT2D eigenvalue weighted by Crippen LogP contribution is -2.29. The third kappa shape index (κ3) is 4.81. The van der Waals surface area contributed by atoms with Crippen molar-refractivity contribution in [1.29, 1.82) is 5.26 Å². The minimum Gasteiger partial charge on any atom is -0.492 e. The Balaban J connectivity index is 2.19. The Labute approximate surface area is 97.0 Å². The number of ether oxygens (including phenoxy) is 1. The molecular weight excluding hydrogens is 200 g/mol. The van der Waals surface area contributed by atoms with Crippen LogP contribution in [0.4, 0.5) is 0 Å². The first-order chi connectivity index (χ1) is 7.72. The number of nitriles is 1. The molecule has 1 unspecified atom stereocenters. The van der Waals surface area contributed by atoms with E-state index in [-0.39, 0.29) is 6.04 Å². The average molecular weight is 218 g/mol. The summed E-state index contributed by atoms with van der Waals surface area (Å²) in [6.07, 6.45) is 0.532. The normalized spacial score (nSPS) is 11.8. The van der Waals surface area contributed by atoms with Gasteiger partial charge in [-0.15, -0.1) is 0 Å². The predicted molar refractivity (Wildman–Crippen MR) is 64.4 cm³/mol. The highest BCUT2D eigenvalue weighted by Gasteiger charge is 1.99. The summed E-state index contributed by atoms with van der Waals surface area (Å²) in [7, 11) is 0. The van der Waals surface area contributed by atoms with Crippen LogP contribution in [0.5, 0.6) is 5.75 Å². The van der Waals surface area contributed by atoms with E-state index in [0.29, 0.717) is 13.0 Å². The highest BCUT2D eigenvalue weighted by molar-refractivity contribution is 5.27. The third-order valence-corrected chi connectivity index (χ3v) is 2.25. The molecule has 3 nitrogen and oxygen atoms in total. The van der Waals surface area contributed by atoms with E-state index >= 15 is 0 Å². The zero-order valence-electron chi connectivity index (χ0n) is 9.86. The molecule has 0 saturated heterocycles. The van der Waals surface area contributed by atoms with Crippen LogP contribution in [0, 0.1) is 18.3 Å². The van der Waals surface area contributed by atoms with E-state index in [1.807, 2.05) is 38.1 Å². The summed E-state index contributed by atoms with van der Waals surface area (Å²) in [5.74, 6) is 0.898. The number of rotatable bonds is 6. The molecule has 0 heterocycles. The Morgan fingerprint density at radius 1 is 1.50 bits per heavy atom. The van der Waals surface area contributed by atoms with Gasteiger partial charge in [-0.05, 0) is 31.5 Å². The van der Waals surface area contributed by atoms with Gasteiger partial charge < -0.3 is 10.1 Å². The summed E-state index contributed by atoms with van der Waals surface area (Å²) in [5.41, 5.74) is 1.20. The number of aryl methyl sites for hydroxylation is 1. The second kappa shape index (κ2) is 6.86. The number of benzene rings is 1. The van der Waals surface area contributed by atoms with E-state index in [1.54, 1.807) is 0 Å². The minimum absolute atomic E-state index is 0.228. The number of nitrogens with zero attached hydrogens (tertiary/aromatic N) is 1. The smallest absolute Gasteiger partial charge is 0.119 e. The molecule has 0 aliphatic carbocycles. The molecule has 1 N–H and O–H groups in total. The highest BCUT2D eigenvalue weighted by Crippen LogP contribution is 2.11. The van der Waals surface area contributed by atoms with Crippen LogP contribution in [0.1, 0.15) is 18.9 Å². The Morgan fingerprint density at radius 2 is 2.31 bits per heavy atom. The maximum absolute atomic E-state index is 8.48. The van der Waals surface area contributed by atoms with Crippen molar-refractivity contribution >= 4 is 0 Å². The largest absolute Gasteiger partial charge is 0.492 e. The number of nitrogens with one attached hydrogen (secondary N) is 1. The maximum atomic E-state index is 8.48. The summed E-state index contributed by atoms with van der Waals surface area (Å²) in [4.78, 5) is 0. The van der Waals surface area contributed by atoms with Gasteiger partial charge in [0.05, 0.1) is 12.5 Å². The van der Waals surface area contributed by atoms with E-state index in [1.165, 1.54) is 5.56 Å². The summed E-state index contributed by atoms with van der Waals surface area (Å²) < 4.78 is 5.57. The quantitative estimate of drug-likeness (QED) is 0.745. The van der Waals surface area contributed by atoms with Gasteiger partial charge in [0, 0.05) is 12.6 Å². The number of hydrogen-bond acceptors (Lipinski definition) is 3. The molecule has 1 aromatic carbocycles.